The van der Waals surface area contributed by atoms with Crippen LogP contribution >= 0.6 is 0 Å². The summed E-state index contributed by atoms with van der Waals surface area (Å²) in [5.41, 5.74) is -0.263. The van der Waals surface area contributed by atoms with Crippen LogP contribution in [0.25, 0.3) is 0 Å². The predicted octanol–water partition coefficient (Wildman–Crippen LogP) is 2.76. The first kappa shape index (κ1) is 28.3. The monoisotopic (exact) mass is 529 g/mol. The maximum absolute atomic E-state index is 12.4. The normalized spacial score (nSPS) is 46.2. The highest BCUT2D eigenvalue weighted by molar-refractivity contribution is 7.86. The molecule has 12 unspecified atom stereocenters. The number of carbonyl (C=O) groups is 1. The Morgan fingerprint density at radius 2 is 1.72 bits per heavy atom. The predicted molar refractivity (Wildman–Crippen MR) is 136 cm³/mol. The molecule has 0 aromatic rings. The quantitative estimate of drug-likeness (QED) is 0.319. The molecule has 4 fully saturated rings. The van der Waals surface area contributed by atoms with Crippen LogP contribution in [-0.2, 0) is 14.9 Å². The molecule has 4 saturated carbocycles. The minimum absolute atomic E-state index is 0.0480. The number of carbonyl (C=O) groups excluding carboxylic acids is 1. The van der Waals surface area contributed by atoms with E-state index < -0.39 is 27.6 Å². The van der Waals surface area contributed by atoms with E-state index in [2.05, 4.69) is 26.1 Å². The molecule has 0 radical (unpaired) electrons. The molecule has 4 rings (SSSR count). The Bertz CT molecular complexity index is 927. The van der Waals surface area contributed by atoms with Crippen LogP contribution in [0.2, 0.25) is 0 Å². The maximum Gasteiger partial charge on any atom is 0.269 e. The average Bonchev–Trinajstić information content (AvgIpc) is 3.15. The summed E-state index contributed by atoms with van der Waals surface area (Å²) in [4.78, 5) is 12.4. The third kappa shape index (κ3) is 4.88. The maximum atomic E-state index is 12.4. The van der Waals surface area contributed by atoms with Gasteiger partial charge in [-0.1, -0.05) is 20.8 Å². The molecule has 0 aliphatic heterocycles. The van der Waals surface area contributed by atoms with Crippen molar-refractivity contribution < 1.29 is 33.1 Å². The van der Waals surface area contributed by atoms with E-state index in [0.29, 0.717) is 18.8 Å². The standard InChI is InChI=1S/C27H47NO7S/c1-15(5-8-24(32)28-14-16(2)36(33,34)35)19-6-7-20-25-21(13-23(31)27(19,20)4)26(3)10-9-18(29)11-17(26)12-22(25)30/h15-23,25,29-31H,5-14H2,1-4H3,(H,28,32)(H,33,34,35). The van der Waals surface area contributed by atoms with E-state index in [9.17, 15) is 28.5 Å². The van der Waals surface area contributed by atoms with E-state index in [1.807, 2.05) is 0 Å². The van der Waals surface area contributed by atoms with E-state index in [-0.39, 0.29) is 65.4 Å². The zero-order valence-electron chi connectivity index (χ0n) is 22.3. The van der Waals surface area contributed by atoms with Gasteiger partial charge in [0.25, 0.3) is 10.1 Å². The summed E-state index contributed by atoms with van der Waals surface area (Å²) in [6, 6.07) is 0. The van der Waals surface area contributed by atoms with Gasteiger partial charge in [0.2, 0.25) is 5.91 Å². The average molecular weight is 530 g/mol. The summed E-state index contributed by atoms with van der Waals surface area (Å²) in [5.74, 6) is 1.17. The molecule has 4 aliphatic carbocycles. The number of fused-ring (bicyclic) bond motifs is 5. The molecule has 0 saturated heterocycles. The zero-order chi connectivity index (χ0) is 26.6. The van der Waals surface area contributed by atoms with Crippen molar-refractivity contribution in [2.45, 2.75) is 109 Å². The lowest BCUT2D eigenvalue weighted by Gasteiger charge is -2.63. The van der Waals surface area contributed by atoms with Gasteiger partial charge in [-0.15, -0.1) is 0 Å². The molecule has 0 aromatic carbocycles. The van der Waals surface area contributed by atoms with Gasteiger partial charge >= 0.3 is 0 Å². The molecule has 9 heteroatoms. The largest absolute Gasteiger partial charge is 0.393 e. The zero-order valence-corrected chi connectivity index (χ0v) is 23.1. The summed E-state index contributed by atoms with van der Waals surface area (Å²) >= 11 is 0. The first-order valence-electron chi connectivity index (χ1n) is 14.0. The molecule has 1 amide bonds. The number of aliphatic hydroxyl groups is 3. The molecule has 0 aromatic heterocycles. The van der Waals surface area contributed by atoms with Gasteiger partial charge in [0.1, 0.15) is 5.25 Å². The Balaban J connectivity index is 1.43. The summed E-state index contributed by atoms with van der Waals surface area (Å²) in [6.45, 7) is 7.91. The smallest absolute Gasteiger partial charge is 0.269 e. The van der Waals surface area contributed by atoms with Crippen LogP contribution < -0.4 is 5.32 Å². The van der Waals surface area contributed by atoms with E-state index >= 15 is 0 Å². The van der Waals surface area contributed by atoms with Crippen molar-refractivity contribution in [2.75, 3.05) is 6.54 Å². The van der Waals surface area contributed by atoms with E-state index in [0.717, 1.165) is 38.5 Å². The number of nitrogens with one attached hydrogen (secondary N) is 1. The highest BCUT2D eigenvalue weighted by Crippen LogP contribution is 2.68. The third-order valence-electron chi connectivity index (χ3n) is 11.4. The van der Waals surface area contributed by atoms with Crippen LogP contribution in [-0.4, -0.2) is 64.3 Å². The molecule has 208 valence electrons. The third-order valence-corrected chi connectivity index (χ3v) is 12.6. The second-order valence-corrected chi connectivity index (χ2v) is 15.0. The number of rotatable bonds is 7. The van der Waals surface area contributed by atoms with Crippen LogP contribution in [0.1, 0.15) is 85.5 Å². The second-order valence-electron chi connectivity index (χ2n) is 13.2. The summed E-state index contributed by atoms with van der Waals surface area (Å²) in [7, 11) is -4.17. The van der Waals surface area contributed by atoms with Gasteiger partial charge in [0.05, 0.1) is 18.3 Å². The lowest BCUT2D eigenvalue weighted by molar-refractivity contribution is -0.207. The summed E-state index contributed by atoms with van der Waals surface area (Å²) < 4.78 is 31.4. The van der Waals surface area contributed by atoms with Crippen molar-refractivity contribution in [1.29, 1.82) is 0 Å². The van der Waals surface area contributed by atoms with Crippen molar-refractivity contribution in [2.24, 2.45) is 46.3 Å². The summed E-state index contributed by atoms with van der Waals surface area (Å²) in [6.07, 6.45) is 5.63. The topological polar surface area (TPSA) is 144 Å². The van der Waals surface area contributed by atoms with Gasteiger partial charge in [-0.25, -0.2) is 0 Å². The van der Waals surface area contributed by atoms with Gasteiger partial charge in [-0.3, -0.25) is 9.35 Å². The van der Waals surface area contributed by atoms with Crippen molar-refractivity contribution >= 4 is 16.0 Å². The highest BCUT2D eigenvalue weighted by Gasteiger charge is 2.65. The van der Waals surface area contributed by atoms with Crippen molar-refractivity contribution in [1.82, 2.24) is 5.32 Å². The van der Waals surface area contributed by atoms with Crippen LogP contribution in [0, 0.1) is 46.3 Å². The molecule has 12 atom stereocenters. The molecule has 4 aliphatic rings. The lowest BCUT2D eigenvalue weighted by Crippen LogP contribution is -2.62. The molecule has 0 bridgehead atoms. The van der Waals surface area contributed by atoms with Crippen LogP contribution in [0.15, 0.2) is 0 Å². The van der Waals surface area contributed by atoms with E-state index in [1.54, 1.807) is 0 Å². The molecule has 0 heterocycles. The van der Waals surface area contributed by atoms with Crippen molar-refractivity contribution in [3.05, 3.63) is 0 Å². The molecule has 36 heavy (non-hydrogen) atoms. The van der Waals surface area contributed by atoms with Gasteiger partial charge in [-0.05, 0) is 105 Å². The molecule has 0 spiro atoms. The van der Waals surface area contributed by atoms with Crippen molar-refractivity contribution in [3.8, 4) is 0 Å². The molecule has 8 nitrogen and oxygen atoms in total. The Hall–Kier alpha value is -0.740. The molecule has 5 N–H and O–H groups in total. The Kier molecular flexibility index (Phi) is 7.93. The minimum atomic E-state index is -4.17. The van der Waals surface area contributed by atoms with E-state index in [1.165, 1.54) is 6.92 Å². The van der Waals surface area contributed by atoms with Gasteiger partial charge < -0.3 is 20.6 Å². The van der Waals surface area contributed by atoms with Gasteiger partial charge in [-0.2, -0.15) is 8.42 Å². The fourth-order valence-electron chi connectivity index (χ4n) is 9.14. The first-order chi connectivity index (χ1) is 16.7. The molecular formula is C27H47NO7S. The minimum Gasteiger partial charge on any atom is -0.393 e. The summed E-state index contributed by atoms with van der Waals surface area (Å²) in [5, 5.41) is 34.9. The van der Waals surface area contributed by atoms with Crippen molar-refractivity contribution in [3.63, 3.8) is 0 Å². The van der Waals surface area contributed by atoms with Gasteiger partial charge in [0.15, 0.2) is 0 Å². The SMILES string of the molecule is CC(CCC(=O)NCC(C)S(=O)(=O)O)C1CCC2C3C(O)CC4CC(O)CCC4(C)C3CC(O)C12C. The Morgan fingerprint density at radius 1 is 1.03 bits per heavy atom. The fraction of sp³-hybridized carbons (Fsp3) is 0.963. The van der Waals surface area contributed by atoms with Crippen LogP contribution in [0.3, 0.4) is 0 Å². The van der Waals surface area contributed by atoms with Crippen LogP contribution in [0.4, 0.5) is 0 Å². The fourth-order valence-corrected chi connectivity index (χ4v) is 9.44. The molecular weight excluding hydrogens is 482 g/mol. The van der Waals surface area contributed by atoms with E-state index in [4.69, 9.17) is 4.55 Å². The van der Waals surface area contributed by atoms with Crippen LogP contribution in [0.5, 0.6) is 0 Å². The number of hydrogen-bond acceptors (Lipinski definition) is 6. The number of hydrogen-bond donors (Lipinski definition) is 5. The highest BCUT2D eigenvalue weighted by atomic mass is 32.2. The lowest BCUT2D eigenvalue weighted by atomic mass is 9.43. The second kappa shape index (κ2) is 10.1. The Labute approximate surface area is 216 Å². The Morgan fingerprint density at radius 3 is 2.39 bits per heavy atom. The number of aliphatic hydroxyl groups excluding tert-OH is 3. The first-order valence-corrected chi connectivity index (χ1v) is 15.5. The van der Waals surface area contributed by atoms with Gasteiger partial charge in [0, 0.05) is 13.0 Å². The number of amides is 1.